The third kappa shape index (κ3) is 5.16. The SMILES string of the molecule is C=CCOC(=O)C(Oc1nc(-c2cccs2)cc(-c2ccc(I)o2)c1C#N)c1ccccc1. The van der Waals surface area contributed by atoms with E-state index in [9.17, 15) is 10.1 Å². The molecule has 0 aliphatic heterocycles. The van der Waals surface area contributed by atoms with Gasteiger partial charge in [-0.3, -0.25) is 0 Å². The van der Waals surface area contributed by atoms with Gasteiger partial charge in [0.25, 0.3) is 0 Å². The van der Waals surface area contributed by atoms with Crippen LogP contribution in [0.5, 0.6) is 5.88 Å². The number of furan rings is 1. The van der Waals surface area contributed by atoms with Crippen LogP contribution in [0.2, 0.25) is 0 Å². The number of hydrogen-bond donors (Lipinski definition) is 0. The fourth-order valence-electron chi connectivity index (χ4n) is 3.13. The van der Waals surface area contributed by atoms with Crippen LogP contribution in [0.3, 0.4) is 0 Å². The molecule has 0 radical (unpaired) electrons. The molecule has 3 aromatic heterocycles. The van der Waals surface area contributed by atoms with E-state index in [1.165, 1.54) is 17.4 Å². The Kier molecular flexibility index (Phi) is 7.22. The highest BCUT2D eigenvalue weighted by Crippen LogP contribution is 2.37. The van der Waals surface area contributed by atoms with Crippen molar-refractivity contribution in [1.29, 1.82) is 5.26 Å². The van der Waals surface area contributed by atoms with Crippen molar-refractivity contribution in [2.45, 2.75) is 6.10 Å². The van der Waals surface area contributed by atoms with Gasteiger partial charge in [-0.05, 0) is 52.2 Å². The van der Waals surface area contributed by atoms with Crippen molar-refractivity contribution in [2.75, 3.05) is 6.61 Å². The average molecular weight is 568 g/mol. The Morgan fingerprint density at radius 3 is 2.70 bits per heavy atom. The maximum Gasteiger partial charge on any atom is 0.352 e. The van der Waals surface area contributed by atoms with Crippen LogP contribution < -0.4 is 4.74 Å². The molecule has 164 valence electrons. The molecule has 0 saturated heterocycles. The summed E-state index contributed by atoms with van der Waals surface area (Å²) in [5.74, 6) is -0.0804. The van der Waals surface area contributed by atoms with Crippen LogP contribution in [0.1, 0.15) is 17.2 Å². The van der Waals surface area contributed by atoms with Gasteiger partial charge in [0.05, 0.1) is 10.6 Å². The van der Waals surface area contributed by atoms with E-state index in [0.717, 1.165) is 4.88 Å². The van der Waals surface area contributed by atoms with Crippen molar-refractivity contribution in [3.8, 4) is 33.8 Å². The molecule has 4 rings (SSSR count). The lowest BCUT2D eigenvalue weighted by Crippen LogP contribution is -2.22. The van der Waals surface area contributed by atoms with Crippen molar-refractivity contribution in [1.82, 2.24) is 4.98 Å². The van der Waals surface area contributed by atoms with E-state index in [1.54, 1.807) is 36.4 Å². The molecule has 0 amide bonds. The Balaban J connectivity index is 1.85. The van der Waals surface area contributed by atoms with Crippen LogP contribution in [0.4, 0.5) is 0 Å². The maximum atomic E-state index is 12.9. The molecule has 3 heterocycles. The number of thiophene rings is 1. The number of carbonyl (C=O) groups excluding carboxylic acids is 1. The zero-order valence-electron chi connectivity index (χ0n) is 17.2. The third-order valence-corrected chi connectivity index (χ3v) is 6.07. The van der Waals surface area contributed by atoms with Crippen LogP contribution in [0, 0.1) is 15.1 Å². The predicted octanol–water partition coefficient (Wildman–Crippen LogP) is 6.40. The summed E-state index contributed by atoms with van der Waals surface area (Å²) in [7, 11) is 0. The van der Waals surface area contributed by atoms with Gasteiger partial charge in [0.15, 0.2) is 3.77 Å². The molecule has 1 aromatic carbocycles. The zero-order chi connectivity index (χ0) is 23.2. The summed E-state index contributed by atoms with van der Waals surface area (Å²) in [5.41, 5.74) is 1.87. The van der Waals surface area contributed by atoms with Gasteiger partial charge >= 0.3 is 5.97 Å². The van der Waals surface area contributed by atoms with Crippen molar-refractivity contribution in [3.05, 3.63) is 93.6 Å². The molecule has 0 saturated carbocycles. The number of nitrogens with zero attached hydrogens (tertiary/aromatic N) is 2. The summed E-state index contributed by atoms with van der Waals surface area (Å²) in [5, 5.41) is 11.9. The minimum atomic E-state index is -1.12. The topological polar surface area (TPSA) is 85.3 Å². The van der Waals surface area contributed by atoms with Crippen LogP contribution in [-0.2, 0) is 9.53 Å². The highest BCUT2D eigenvalue weighted by Gasteiger charge is 2.28. The quantitative estimate of drug-likeness (QED) is 0.139. The number of halogens is 1. The number of benzene rings is 1. The number of ether oxygens (including phenoxy) is 2. The minimum absolute atomic E-state index is 0.0224. The van der Waals surface area contributed by atoms with Gasteiger partial charge in [0.2, 0.25) is 12.0 Å². The van der Waals surface area contributed by atoms with Gasteiger partial charge < -0.3 is 13.9 Å². The van der Waals surface area contributed by atoms with Gasteiger partial charge in [-0.1, -0.05) is 49.1 Å². The second-order valence-corrected chi connectivity index (χ2v) is 8.77. The van der Waals surface area contributed by atoms with Gasteiger partial charge in [-0.2, -0.15) is 5.26 Å². The fourth-order valence-corrected chi connectivity index (χ4v) is 4.23. The van der Waals surface area contributed by atoms with Crippen molar-refractivity contribution in [2.24, 2.45) is 0 Å². The molecule has 8 heteroatoms. The first-order valence-electron chi connectivity index (χ1n) is 9.84. The summed E-state index contributed by atoms with van der Waals surface area (Å²) in [6.45, 7) is 3.62. The number of rotatable bonds is 8. The maximum absolute atomic E-state index is 12.9. The third-order valence-electron chi connectivity index (χ3n) is 4.60. The molecule has 1 atom stereocenters. The Morgan fingerprint density at radius 1 is 1.24 bits per heavy atom. The normalized spacial score (nSPS) is 11.4. The average Bonchev–Trinajstić information content (AvgIpc) is 3.53. The molecule has 0 N–H and O–H groups in total. The largest absolute Gasteiger partial charge is 0.458 e. The number of aromatic nitrogens is 1. The summed E-state index contributed by atoms with van der Waals surface area (Å²) >= 11 is 3.57. The second kappa shape index (κ2) is 10.5. The standard InChI is InChI=1S/C25H17IN2O4S/c1-2-12-30-25(29)23(16-7-4-3-5-8-16)32-24-18(15-27)17(20-10-11-22(26)31-20)14-19(28-24)21-9-6-13-33-21/h2-11,13-14,23H,1,12H2. The summed E-state index contributed by atoms with van der Waals surface area (Å²) in [4.78, 5) is 18.3. The number of nitriles is 1. The van der Waals surface area contributed by atoms with Gasteiger partial charge in [-0.25, -0.2) is 9.78 Å². The lowest BCUT2D eigenvalue weighted by Gasteiger charge is -2.19. The van der Waals surface area contributed by atoms with Gasteiger partial charge in [-0.15, -0.1) is 11.3 Å². The van der Waals surface area contributed by atoms with Crippen LogP contribution in [0.15, 0.2) is 83.1 Å². The summed E-state index contributed by atoms with van der Waals surface area (Å²) in [6, 6.07) is 20.3. The second-order valence-electron chi connectivity index (χ2n) is 6.76. The van der Waals surface area contributed by atoms with Gasteiger partial charge in [0, 0.05) is 11.1 Å². The van der Waals surface area contributed by atoms with Crippen LogP contribution in [-0.4, -0.2) is 17.6 Å². The molecule has 0 fully saturated rings. The molecular formula is C25H17IN2O4S. The molecule has 0 aliphatic carbocycles. The summed E-state index contributed by atoms with van der Waals surface area (Å²) < 4.78 is 17.8. The monoisotopic (exact) mass is 568 g/mol. The Labute approximate surface area is 208 Å². The van der Waals surface area contributed by atoms with Crippen molar-refractivity contribution in [3.63, 3.8) is 0 Å². The van der Waals surface area contributed by atoms with E-state index < -0.39 is 12.1 Å². The van der Waals surface area contributed by atoms with Gasteiger partial charge in [0.1, 0.15) is 24.0 Å². The zero-order valence-corrected chi connectivity index (χ0v) is 20.2. The Bertz CT molecular complexity index is 1310. The van der Waals surface area contributed by atoms with E-state index in [0.29, 0.717) is 26.3 Å². The first-order chi connectivity index (χ1) is 16.1. The van der Waals surface area contributed by atoms with Crippen LogP contribution >= 0.6 is 33.9 Å². The number of hydrogen-bond acceptors (Lipinski definition) is 7. The Morgan fingerprint density at radius 2 is 2.06 bits per heavy atom. The van der Waals surface area contributed by atoms with E-state index in [1.807, 2.05) is 29.6 Å². The van der Waals surface area contributed by atoms with Crippen molar-refractivity contribution < 1.29 is 18.7 Å². The molecule has 1 unspecified atom stereocenters. The first kappa shape index (κ1) is 22.8. The highest BCUT2D eigenvalue weighted by molar-refractivity contribution is 14.1. The molecular weight excluding hydrogens is 551 g/mol. The highest BCUT2D eigenvalue weighted by atomic mass is 127. The molecule has 33 heavy (non-hydrogen) atoms. The number of pyridine rings is 1. The molecule has 0 spiro atoms. The number of esters is 1. The van der Waals surface area contributed by atoms with E-state index in [2.05, 4.69) is 40.2 Å². The van der Waals surface area contributed by atoms with Crippen LogP contribution in [0.25, 0.3) is 21.9 Å². The van der Waals surface area contributed by atoms with E-state index in [4.69, 9.17) is 13.9 Å². The molecule has 0 bridgehead atoms. The minimum Gasteiger partial charge on any atom is -0.458 e. The molecule has 6 nitrogen and oxygen atoms in total. The summed E-state index contributed by atoms with van der Waals surface area (Å²) in [6.07, 6.45) is 0.362. The fraction of sp³-hybridized carbons (Fsp3) is 0.0800. The predicted molar refractivity (Wildman–Crippen MR) is 134 cm³/mol. The number of carbonyl (C=O) groups is 1. The molecule has 0 aliphatic rings. The van der Waals surface area contributed by atoms with E-state index >= 15 is 0 Å². The molecule has 4 aromatic rings. The lowest BCUT2D eigenvalue weighted by molar-refractivity contribution is -0.151. The first-order valence-corrected chi connectivity index (χ1v) is 11.8. The lowest BCUT2D eigenvalue weighted by atomic mass is 10.1. The smallest absolute Gasteiger partial charge is 0.352 e. The van der Waals surface area contributed by atoms with E-state index in [-0.39, 0.29) is 18.1 Å². The van der Waals surface area contributed by atoms with Crippen molar-refractivity contribution >= 4 is 39.9 Å². The Hall–Kier alpha value is -3.42.